The number of hydrogen-bond donors (Lipinski definition) is 2. The van der Waals surface area contributed by atoms with Gasteiger partial charge in [-0.3, -0.25) is 0 Å². The van der Waals surface area contributed by atoms with E-state index in [9.17, 15) is 31.1 Å². The van der Waals surface area contributed by atoms with Crippen molar-refractivity contribution in [2.45, 2.75) is 18.0 Å². The maximum atomic E-state index is 13.1. The zero-order chi connectivity index (χ0) is 18.7. The van der Waals surface area contributed by atoms with Crippen LogP contribution in [-0.2, 0) is 22.0 Å². The van der Waals surface area contributed by atoms with Gasteiger partial charge in [-0.1, -0.05) is 24.3 Å². The van der Waals surface area contributed by atoms with Crippen LogP contribution < -0.4 is 4.72 Å². The van der Waals surface area contributed by atoms with Gasteiger partial charge in [0.15, 0.2) is 0 Å². The Balaban J connectivity index is 1.97. The van der Waals surface area contributed by atoms with E-state index in [4.69, 9.17) is 0 Å². The van der Waals surface area contributed by atoms with Crippen molar-refractivity contribution >= 4 is 10.0 Å². The molecule has 0 aliphatic carbocycles. The van der Waals surface area contributed by atoms with Crippen molar-refractivity contribution in [3.63, 3.8) is 0 Å². The van der Waals surface area contributed by atoms with Gasteiger partial charge in [-0.25, -0.2) is 17.5 Å². The van der Waals surface area contributed by atoms with Crippen LogP contribution in [0.1, 0.15) is 22.8 Å². The Morgan fingerprint density at radius 1 is 1.08 bits per heavy atom. The molecule has 4 nitrogen and oxygen atoms in total. The number of halogens is 4. The fourth-order valence-corrected chi connectivity index (χ4v) is 3.25. The first kappa shape index (κ1) is 19.4. The highest BCUT2D eigenvalue weighted by molar-refractivity contribution is 7.88. The molecular weight excluding hydrogens is 362 g/mol. The number of nitrogens with one attached hydrogen (secondary N) is 1. The van der Waals surface area contributed by atoms with Crippen molar-refractivity contribution in [1.29, 1.82) is 0 Å². The molecule has 136 valence electrons. The standard InChI is InChI=1S/C16H15F4NO3S/c17-14-3-1-2-11(8-14)10-25(23,24)21-9-15(22)12-4-6-13(7-5-12)16(18,19)20/h1-8,15,21-22H,9-10H2/t15-/m0/s1. The van der Waals surface area contributed by atoms with Crippen LogP contribution in [0.15, 0.2) is 48.5 Å². The number of alkyl halides is 3. The molecule has 0 spiro atoms. The molecule has 1 atom stereocenters. The monoisotopic (exact) mass is 377 g/mol. The van der Waals surface area contributed by atoms with Crippen molar-refractivity contribution in [1.82, 2.24) is 4.72 Å². The van der Waals surface area contributed by atoms with Crippen molar-refractivity contribution < 1.29 is 31.1 Å². The molecule has 0 amide bonds. The molecule has 0 radical (unpaired) electrons. The molecule has 0 saturated heterocycles. The van der Waals surface area contributed by atoms with E-state index in [0.29, 0.717) is 0 Å². The lowest BCUT2D eigenvalue weighted by Crippen LogP contribution is -2.29. The van der Waals surface area contributed by atoms with Crippen LogP contribution in [0.25, 0.3) is 0 Å². The molecule has 0 fully saturated rings. The largest absolute Gasteiger partial charge is 0.416 e. The summed E-state index contributed by atoms with van der Waals surface area (Å²) >= 11 is 0. The lowest BCUT2D eigenvalue weighted by Gasteiger charge is -2.14. The molecule has 0 aliphatic heterocycles. The number of hydrogen-bond acceptors (Lipinski definition) is 3. The topological polar surface area (TPSA) is 66.4 Å². The second kappa shape index (κ2) is 7.51. The minimum Gasteiger partial charge on any atom is -0.387 e. The number of benzene rings is 2. The van der Waals surface area contributed by atoms with Gasteiger partial charge in [0.2, 0.25) is 10.0 Å². The Morgan fingerprint density at radius 2 is 1.72 bits per heavy atom. The van der Waals surface area contributed by atoms with E-state index in [2.05, 4.69) is 4.72 Å². The first-order valence-electron chi connectivity index (χ1n) is 7.14. The fourth-order valence-electron chi connectivity index (χ4n) is 2.12. The third kappa shape index (κ3) is 5.80. The summed E-state index contributed by atoms with van der Waals surface area (Å²) < 4.78 is 76.5. The Kier molecular flexibility index (Phi) is 5.81. The van der Waals surface area contributed by atoms with Gasteiger partial charge < -0.3 is 5.11 Å². The van der Waals surface area contributed by atoms with E-state index in [0.717, 1.165) is 30.3 Å². The van der Waals surface area contributed by atoms with Gasteiger partial charge >= 0.3 is 6.18 Å². The molecule has 0 aromatic heterocycles. The van der Waals surface area contributed by atoms with E-state index < -0.39 is 46.0 Å². The summed E-state index contributed by atoms with van der Waals surface area (Å²) in [6, 6.07) is 8.83. The lowest BCUT2D eigenvalue weighted by molar-refractivity contribution is -0.137. The average molecular weight is 377 g/mol. The summed E-state index contributed by atoms with van der Waals surface area (Å²) in [6.45, 7) is -0.414. The molecule has 0 saturated carbocycles. The predicted octanol–water partition coefficient (Wildman–Crippen LogP) is 3.00. The first-order valence-corrected chi connectivity index (χ1v) is 8.79. The second-order valence-corrected chi connectivity index (χ2v) is 7.18. The van der Waals surface area contributed by atoms with E-state index in [-0.39, 0.29) is 11.1 Å². The first-order chi connectivity index (χ1) is 11.6. The number of aliphatic hydroxyl groups is 1. The highest BCUT2D eigenvalue weighted by Gasteiger charge is 2.30. The molecule has 0 heterocycles. The van der Waals surface area contributed by atoms with E-state index in [1.165, 1.54) is 18.2 Å². The Hall–Kier alpha value is -1.97. The van der Waals surface area contributed by atoms with Gasteiger partial charge in [0.1, 0.15) is 5.82 Å². The lowest BCUT2D eigenvalue weighted by atomic mass is 10.1. The van der Waals surface area contributed by atoms with Crippen molar-refractivity contribution in [2.24, 2.45) is 0 Å². The van der Waals surface area contributed by atoms with Crippen LogP contribution in [0.4, 0.5) is 17.6 Å². The minimum absolute atomic E-state index is 0.140. The van der Waals surface area contributed by atoms with Gasteiger partial charge in [-0.05, 0) is 35.4 Å². The molecule has 0 unspecified atom stereocenters. The van der Waals surface area contributed by atoms with Gasteiger partial charge in [-0.15, -0.1) is 0 Å². The smallest absolute Gasteiger partial charge is 0.387 e. The Labute approximate surface area is 142 Å². The summed E-state index contributed by atoms with van der Waals surface area (Å²) in [5.41, 5.74) is -0.492. The zero-order valence-electron chi connectivity index (χ0n) is 12.8. The van der Waals surface area contributed by atoms with E-state index >= 15 is 0 Å². The molecule has 2 rings (SSSR count). The van der Waals surface area contributed by atoms with Gasteiger partial charge in [0, 0.05) is 6.54 Å². The number of rotatable bonds is 6. The van der Waals surface area contributed by atoms with Crippen molar-refractivity contribution in [3.8, 4) is 0 Å². The second-order valence-electron chi connectivity index (χ2n) is 5.37. The van der Waals surface area contributed by atoms with Crippen LogP contribution in [0.2, 0.25) is 0 Å². The highest BCUT2D eigenvalue weighted by atomic mass is 32.2. The molecule has 25 heavy (non-hydrogen) atoms. The van der Waals surface area contributed by atoms with Crippen molar-refractivity contribution in [3.05, 3.63) is 71.0 Å². The molecule has 9 heteroatoms. The third-order valence-corrected chi connectivity index (χ3v) is 4.68. The number of sulfonamides is 1. The van der Waals surface area contributed by atoms with Crippen LogP contribution in [0.5, 0.6) is 0 Å². The van der Waals surface area contributed by atoms with Crippen LogP contribution in [0.3, 0.4) is 0 Å². The molecule has 2 aromatic carbocycles. The van der Waals surface area contributed by atoms with Gasteiger partial charge in [0.25, 0.3) is 0 Å². The highest BCUT2D eigenvalue weighted by Crippen LogP contribution is 2.29. The van der Waals surface area contributed by atoms with Crippen LogP contribution >= 0.6 is 0 Å². The normalized spacial score (nSPS) is 13.6. The maximum Gasteiger partial charge on any atom is 0.416 e. The molecular formula is C16H15F4NO3S. The Morgan fingerprint density at radius 3 is 2.28 bits per heavy atom. The number of aliphatic hydroxyl groups excluding tert-OH is 1. The van der Waals surface area contributed by atoms with Crippen LogP contribution in [0, 0.1) is 5.82 Å². The quantitative estimate of drug-likeness (QED) is 0.761. The summed E-state index contributed by atoms with van der Waals surface area (Å²) in [5.74, 6) is -1.05. The van der Waals surface area contributed by atoms with Crippen molar-refractivity contribution in [2.75, 3.05) is 6.54 Å². The van der Waals surface area contributed by atoms with E-state index in [1.54, 1.807) is 0 Å². The molecule has 0 aliphatic rings. The molecule has 2 N–H and O–H groups in total. The third-order valence-electron chi connectivity index (χ3n) is 3.37. The van der Waals surface area contributed by atoms with Crippen LogP contribution in [-0.4, -0.2) is 20.1 Å². The summed E-state index contributed by atoms with van der Waals surface area (Å²) in [7, 11) is -3.84. The maximum absolute atomic E-state index is 13.1. The SMILES string of the molecule is O=S(=O)(Cc1cccc(F)c1)NC[C@H](O)c1ccc(C(F)(F)F)cc1. The minimum atomic E-state index is -4.49. The van der Waals surface area contributed by atoms with E-state index in [1.807, 2.05) is 0 Å². The summed E-state index contributed by atoms with van der Waals surface area (Å²) in [6.07, 6.45) is -5.81. The zero-order valence-corrected chi connectivity index (χ0v) is 13.6. The predicted molar refractivity (Wildman–Crippen MR) is 83.4 cm³/mol. The summed E-state index contributed by atoms with van der Waals surface area (Å²) in [4.78, 5) is 0. The average Bonchev–Trinajstić information content (AvgIpc) is 2.51. The fraction of sp³-hybridized carbons (Fsp3) is 0.250. The Bertz CT molecular complexity index is 820. The summed E-state index contributed by atoms with van der Waals surface area (Å²) in [5, 5.41) is 9.92. The van der Waals surface area contributed by atoms with Gasteiger partial charge in [0.05, 0.1) is 17.4 Å². The molecule has 2 aromatic rings. The van der Waals surface area contributed by atoms with Gasteiger partial charge in [-0.2, -0.15) is 13.2 Å². The molecule has 0 bridgehead atoms.